The number of carbonyl (C=O) groups excluding carboxylic acids is 1. The van der Waals surface area contributed by atoms with Gasteiger partial charge in [-0.05, 0) is 37.1 Å². The summed E-state index contributed by atoms with van der Waals surface area (Å²) >= 11 is 3.36. The van der Waals surface area contributed by atoms with Crippen molar-refractivity contribution in [2.24, 2.45) is 0 Å². The van der Waals surface area contributed by atoms with Gasteiger partial charge in [0.05, 0.1) is 12.7 Å². The van der Waals surface area contributed by atoms with Crippen molar-refractivity contribution in [3.63, 3.8) is 0 Å². The number of likely N-dealkylation sites (tertiary alicyclic amines) is 1. The van der Waals surface area contributed by atoms with Crippen LogP contribution in [0.15, 0.2) is 28.7 Å². The quantitative estimate of drug-likeness (QED) is 0.843. The maximum atomic E-state index is 11.8. The zero-order valence-corrected chi connectivity index (χ0v) is 12.3. The van der Waals surface area contributed by atoms with Crippen LogP contribution in [0.2, 0.25) is 0 Å². The van der Waals surface area contributed by atoms with Gasteiger partial charge in [0.1, 0.15) is 5.75 Å². The smallest absolute Gasteiger partial charge is 0.222 e. The number of carbonyl (C=O) groups is 1. The summed E-state index contributed by atoms with van der Waals surface area (Å²) in [7, 11) is 0. The van der Waals surface area contributed by atoms with E-state index in [1.165, 1.54) is 0 Å². The number of β-amino-alcohol motifs (C(OH)–C–C–N with tert-alkyl or cyclic N) is 1. The molecule has 0 saturated carbocycles. The molecule has 0 aliphatic carbocycles. The van der Waals surface area contributed by atoms with Crippen molar-refractivity contribution in [1.29, 1.82) is 0 Å². The molecule has 0 radical (unpaired) electrons. The first-order valence-electron chi connectivity index (χ1n) is 6.49. The number of halogens is 1. The molecule has 0 spiro atoms. The molecule has 1 saturated heterocycles. The minimum atomic E-state index is -0.344. The standard InChI is InChI=1S/C14H18BrNO3/c15-11-3-5-13(6-4-11)19-9-1-2-14(18)16-8-7-12(17)10-16/h3-6,12,17H,1-2,7-10H2/t12-/m1/s1. The molecule has 1 N–H and O–H groups in total. The topological polar surface area (TPSA) is 49.8 Å². The first-order valence-corrected chi connectivity index (χ1v) is 7.28. The summed E-state index contributed by atoms with van der Waals surface area (Å²) < 4.78 is 6.57. The summed E-state index contributed by atoms with van der Waals surface area (Å²) in [5.74, 6) is 0.920. The average Bonchev–Trinajstić information content (AvgIpc) is 2.83. The van der Waals surface area contributed by atoms with Crippen LogP contribution >= 0.6 is 15.9 Å². The van der Waals surface area contributed by atoms with Gasteiger partial charge in [0.15, 0.2) is 0 Å². The third-order valence-electron chi connectivity index (χ3n) is 3.13. The molecule has 1 aliphatic rings. The Labute approximate surface area is 121 Å². The highest BCUT2D eigenvalue weighted by molar-refractivity contribution is 9.10. The number of benzene rings is 1. The number of rotatable bonds is 5. The Morgan fingerprint density at radius 3 is 2.79 bits per heavy atom. The minimum Gasteiger partial charge on any atom is -0.494 e. The van der Waals surface area contributed by atoms with Crippen LogP contribution in [0.4, 0.5) is 0 Å². The molecule has 0 bridgehead atoms. The first-order chi connectivity index (χ1) is 9.15. The van der Waals surface area contributed by atoms with Crippen molar-refractivity contribution in [2.75, 3.05) is 19.7 Å². The summed E-state index contributed by atoms with van der Waals surface area (Å²) in [6, 6.07) is 7.63. The van der Waals surface area contributed by atoms with E-state index in [9.17, 15) is 9.90 Å². The predicted molar refractivity (Wildman–Crippen MR) is 76.1 cm³/mol. The van der Waals surface area contributed by atoms with E-state index < -0.39 is 0 Å². The normalized spacial score (nSPS) is 18.6. The van der Waals surface area contributed by atoms with E-state index in [1.807, 2.05) is 24.3 Å². The molecule has 1 atom stereocenters. The van der Waals surface area contributed by atoms with Gasteiger partial charge in [0, 0.05) is 24.0 Å². The maximum Gasteiger partial charge on any atom is 0.222 e. The molecule has 0 aromatic heterocycles. The second-order valence-corrected chi connectivity index (χ2v) is 5.60. The summed E-state index contributed by atoms with van der Waals surface area (Å²) in [5.41, 5.74) is 0. The summed E-state index contributed by atoms with van der Waals surface area (Å²) in [6.45, 7) is 1.68. The van der Waals surface area contributed by atoms with E-state index in [0.717, 1.165) is 10.2 Å². The second-order valence-electron chi connectivity index (χ2n) is 4.69. The predicted octanol–water partition coefficient (Wildman–Crippen LogP) is 2.20. The SMILES string of the molecule is O=C(CCCOc1ccc(Br)cc1)N1CC[C@@H](O)C1. The van der Waals surface area contributed by atoms with Gasteiger partial charge in [-0.3, -0.25) is 4.79 Å². The van der Waals surface area contributed by atoms with Gasteiger partial charge in [-0.2, -0.15) is 0 Å². The fourth-order valence-electron chi connectivity index (χ4n) is 2.07. The molecular formula is C14H18BrNO3. The van der Waals surface area contributed by atoms with Gasteiger partial charge in [0.25, 0.3) is 0 Å². The number of ether oxygens (including phenoxy) is 1. The number of amides is 1. The van der Waals surface area contributed by atoms with Crippen LogP contribution in [-0.4, -0.2) is 41.7 Å². The molecule has 4 nitrogen and oxygen atoms in total. The van der Waals surface area contributed by atoms with Crippen molar-refractivity contribution >= 4 is 21.8 Å². The van der Waals surface area contributed by atoms with Crippen molar-refractivity contribution in [1.82, 2.24) is 4.90 Å². The summed E-state index contributed by atoms with van der Waals surface area (Å²) in [5, 5.41) is 9.37. The number of aliphatic hydroxyl groups excluding tert-OH is 1. The first kappa shape index (κ1) is 14.3. The number of nitrogens with zero attached hydrogens (tertiary/aromatic N) is 1. The molecule has 0 unspecified atom stereocenters. The molecular weight excluding hydrogens is 310 g/mol. The Balaban J connectivity index is 1.64. The molecule has 2 rings (SSSR count). The molecule has 1 aromatic carbocycles. The van der Waals surface area contributed by atoms with Crippen molar-refractivity contribution in [3.8, 4) is 5.75 Å². The monoisotopic (exact) mass is 327 g/mol. The van der Waals surface area contributed by atoms with E-state index in [4.69, 9.17) is 4.74 Å². The van der Waals surface area contributed by atoms with Crippen LogP contribution in [0.5, 0.6) is 5.75 Å². The van der Waals surface area contributed by atoms with Crippen LogP contribution in [0.1, 0.15) is 19.3 Å². The van der Waals surface area contributed by atoms with Crippen molar-refractivity contribution in [2.45, 2.75) is 25.4 Å². The van der Waals surface area contributed by atoms with Gasteiger partial charge < -0.3 is 14.7 Å². The Morgan fingerprint density at radius 2 is 2.16 bits per heavy atom. The highest BCUT2D eigenvalue weighted by Crippen LogP contribution is 2.16. The van der Waals surface area contributed by atoms with Crippen molar-refractivity contribution in [3.05, 3.63) is 28.7 Å². The van der Waals surface area contributed by atoms with E-state index in [1.54, 1.807) is 4.90 Å². The third-order valence-corrected chi connectivity index (χ3v) is 3.66. The lowest BCUT2D eigenvalue weighted by molar-refractivity contribution is -0.130. The zero-order valence-electron chi connectivity index (χ0n) is 10.7. The van der Waals surface area contributed by atoms with Gasteiger partial charge in [-0.25, -0.2) is 0 Å². The number of hydrogen-bond donors (Lipinski definition) is 1. The van der Waals surface area contributed by atoms with E-state index in [0.29, 0.717) is 39.0 Å². The molecule has 19 heavy (non-hydrogen) atoms. The van der Waals surface area contributed by atoms with Crippen molar-refractivity contribution < 1.29 is 14.6 Å². The van der Waals surface area contributed by atoms with Crippen LogP contribution in [0.25, 0.3) is 0 Å². The van der Waals surface area contributed by atoms with Crippen LogP contribution < -0.4 is 4.74 Å². The highest BCUT2D eigenvalue weighted by Gasteiger charge is 2.23. The molecule has 5 heteroatoms. The lowest BCUT2D eigenvalue weighted by Gasteiger charge is -2.15. The zero-order chi connectivity index (χ0) is 13.7. The Morgan fingerprint density at radius 1 is 1.42 bits per heavy atom. The lowest BCUT2D eigenvalue weighted by atomic mass is 10.3. The lowest BCUT2D eigenvalue weighted by Crippen LogP contribution is -2.29. The minimum absolute atomic E-state index is 0.107. The van der Waals surface area contributed by atoms with Gasteiger partial charge in [-0.15, -0.1) is 0 Å². The molecule has 1 heterocycles. The van der Waals surface area contributed by atoms with E-state index in [2.05, 4.69) is 15.9 Å². The van der Waals surface area contributed by atoms with Crippen LogP contribution in [-0.2, 0) is 4.79 Å². The third kappa shape index (κ3) is 4.51. The molecule has 1 amide bonds. The molecule has 1 fully saturated rings. The summed E-state index contributed by atoms with van der Waals surface area (Å²) in [4.78, 5) is 13.5. The fourth-order valence-corrected chi connectivity index (χ4v) is 2.34. The van der Waals surface area contributed by atoms with Crippen LogP contribution in [0, 0.1) is 0 Å². The Hall–Kier alpha value is -1.07. The van der Waals surface area contributed by atoms with Gasteiger partial charge in [-0.1, -0.05) is 15.9 Å². The highest BCUT2D eigenvalue weighted by atomic mass is 79.9. The second kappa shape index (κ2) is 6.91. The van der Waals surface area contributed by atoms with E-state index in [-0.39, 0.29) is 12.0 Å². The largest absolute Gasteiger partial charge is 0.494 e. The Bertz CT molecular complexity index is 421. The molecule has 104 valence electrons. The van der Waals surface area contributed by atoms with Crippen LogP contribution in [0.3, 0.4) is 0 Å². The average molecular weight is 328 g/mol. The fraction of sp³-hybridized carbons (Fsp3) is 0.500. The Kier molecular flexibility index (Phi) is 5.22. The maximum absolute atomic E-state index is 11.8. The number of aliphatic hydroxyl groups is 1. The number of hydrogen-bond acceptors (Lipinski definition) is 3. The van der Waals surface area contributed by atoms with Gasteiger partial charge in [0.2, 0.25) is 5.91 Å². The molecule has 1 aromatic rings. The van der Waals surface area contributed by atoms with E-state index >= 15 is 0 Å². The molecule has 1 aliphatic heterocycles. The summed E-state index contributed by atoms with van der Waals surface area (Å²) in [6.07, 6.45) is 1.52. The van der Waals surface area contributed by atoms with Gasteiger partial charge >= 0.3 is 0 Å².